The average molecular weight is 196 g/mol. The molecule has 1 rings (SSSR count). The molecule has 0 spiro atoms. The highest BCUT2D eigenvalue weighted by Gasteiger charge is 1.93. The first-order valence-corrected chi connectivity index (χ1v) is 3.23. The first kappa shape index (κ1) is 10.1. The van der Waals surface area contributed by atoms with Crippen LogP contribution in [0.3, 0.4) is 0 Å². The van der Waals surface area contributed by atoms with Crippen LogP contribution in [-0.2, 0) is 0 Å². The van der Waals surface area contributed by atoms with E-state index < -0.39 is 0 Å². The molecular weight excluding hydrogens is 190 g/mol. The van der Waals surface area contributed by atoms with E-state index in [2.05, 4.69) is 6.92 Å². The van der Waals surface area contributed by atoms with E-state index >= 15 is 0 Å². The summed E-state index contributed by atoms with van der Waals surface area (Å²) in [6.07, 6.45) is 0. The summed E-state index contributed by atoms with van der Waals surface area (Å²) in [5, 5.41) is 1.13. The van der Waals surface area contributed by atoms with E-state index in [1.807, 2.05) is 6.07 Å². The molecule has 0 N–H and O–H groups in total. The van der Waals surface area contributed by atoms with E-state index in [0.29, 0.717) is 10.0 Å². The van der Waals surface area contributed by atoms with Crippen molar-refractivity contribution >= 4 is 35.6 Å². The Morgan fingerprint density at radius 2 is 1.70 bits per heavy atom. The molecular formula is C7H6Cl3. The van der Waals surface area contributed by atoms with Crippen LogP contribution in [0, 0.1) is 6.92 Å². The van der Waals surface area contributed by atoms with Crippen molar-refractivity contribution in [2.45, 2.75) is 0 Å². The fourth-order valence-electron chi connectivity index (χ4n) is 0.540. The van der Waals surface area contributed by atoms with Gasteiger partial charge in [-0.15, -0.1) is 12.4 Å². The minimum absolute atomic E-state index is 0. The first-order chi connectivity index (χ1) is 4.20. The molecule has 10 heavy (non-hydrogen) atoms. The van der Waals surface area contributed by atoms with E-state index in [9.17, 15) is 0 Å². The molecule has 0 unspecified atom stereocenters. The van der Waals surface area contributed by atoms with Crippen LogP contribution in [0.15, 0.2) is 18.2 Å². The second-order valence-electron chi connectivity index (χ2n) is 1.75. The second kappa shape index (κ2) is 4.07. The summed E-state index contributed by atoms with van der Waals surface area (Å²) >= 11 is 11.3. The van der Waals surface area contributed by atoms with Crippen LogP contribution in [0.1, 0.15) is 5.56 Å². The lowest BCUT2D eigenvalue weighted by Crippen LogP contribution is -1.70. The van der Waals surface area contributed by atoms with Crippen LogP contribution in [-0.4, -0.2) is 0 Å². The molecule has 0 saturated heterocycles. The molecule has 0 amide bonds. The molecule has 0 heterocycles. The molecule has 0 aliphatic rings. The number of hydrogen-bond donors (Lipinski definition) is 0. The highest BCUT2D eigenvalue weighted by Crippen LogP contribution is 2.21. The molecule has 0 aromatic heterocycles. The Morgan fingerprint density at radius 3 is 2.10 bits per heavy atom. The third kappa shape index (κ3) is 2.37. The van der Waals surface area contributed by atoms with Crippen molar-refractivity contribution < 1.29 is 0 Å². The van der Waals surface area contributed by atoms with Gasteiger partial charge in [-0.1, -0.05) is 29.3 Å². The van der Waals surface area contributed by atoms with Crippen LogP contribution in [0.25, 0.3) is 0 Å². The largest absolute Gasteiger partial charge is 0.147 e. The average Bonchev–Trinajstić information content (AvgIpc) is 1.80. The van der Waals surface area contributed by atoms with Gasteiger partial charge in [0.15, 0.2) is 0 Å². The first-order valence-electron chi connectivity index (χ1n) is 2.47. The Balaban J connectivity index is 0.000000810. The van der Waals surface area contributed by atoms with Crippen molar-refractivity contribution in [2.24, 2.45) is 0 Å². The van der Waals surface area contributed by atoms with E-state index in [1.54, 1.807) is 12.1 Å². The van der Waals surface area contributed by atoms with Crippen LogP contribution in [0.4, 0.5) is 0 Å². The van der Waals surface area contributed by atoms with Gasteiger partial charge in [0, 0.05) is 0 Å². The number of halogens is 3. The van der Waals surface area contributed by atoms with Gasteiger partial charge >= 0.3 is 0 Å². The van der Waals surface area contributed by atoms with E-state index in [0.717, 1.165) is 5.56 Å². The van der Waals surface area contributed by atoms with E-state index in [1.165, 1.54) is 0 Å². The van der Waals surface area contributed by atoms with Crippen LogP contribution >= 0.6 is 35.6 Å². The summed E-state index contributed by atoms with van der Waals surface area (Å²) in [7, 11) is 0. The molecule has 0 fully saturated rings. The van der Waals surface area contributed by atoms with Crippen molar-refractivity contribution in [3.8, 4) is 0 Å². The lowest BCUT2D eigenvalue weighted by Gasteiger charge is -1.94. The SMILES string of the molecule is Cl.[CH2]c1ccc(Cl)c(Cl)c1. The third-order valence-corrected chi connectivity index (χ3v) is 1.72. The number of rotatable bonds is 0. The van der Waals surface area contributed by atoms with Gasteiger partial charge in [0.2, 0.25) is 0 Å². The molecule has 3 heteroatoms. The van der Waals surface area contributed by atoms with Gasteiger partial charge in [-0.25, -0.2) is 0 Å². The lowest BCUT2D eigenvalue weighted by atomic mass is 10.2. The Bertz CT molecular complexity index is 220. The predicted molar refractivity (Wildman–Crippen MR) is 48.2 cm³/mol. The highest BCUT2D eigenvalue weighted by atomic mass is 35.5. The molecule has 0 aliphatic carbocycles. The molecule has 0 aliphatic heterocycles. The normalized spacial score (nSPS) is 8.70. The molecule has 1 radical (unpaired) electrons. The molecule has 0 saturated carbocycles. The Hall–Kier alpha value is 0.0900. The maximum Gasteiger partial charge on any atom is 0.0595 e. The fourth-order valence-corrected chi connectivity index (χ4v) is 0.860. The van der Waals surface area contributed by atoms with Gasteiger partial charge in [-0.3, -0.25) is 0 Å². The molecule has 1 aromatic carbocycles. The van der Waals surface area contributed by atoms with Gasteiger partial charge in [0.25, 0.3) is 0 Å². The molecule has 0 nitrogen and oxygen atoms in total. The fraction of sp³-hybridized carbons (Fsp3) is 0. The summed E-state index contributed by atoms with van der Waals surface area (Å²) in [5.41, 5.74) is 0.879. The van der Waals surface area contributed by atoms with Crippen LogP contribution in [0.5, 0.6) is 0 Å². The minimum Gasteiger partial charge on any atom is -0.147 e. The Labute approximate surface area is 76.6 Å². The predicted octanol–water partition coefficient (Wildman–Crippen LogP) is 3.60. The van der Waals surface area contributed by atoms with E-state index in [-0.39, 0.29) is 12.4 Å². The number of benzene rings is 1. The summed E-state index contributed by atoms with van der Waals surface area (Å²) in [5.74, 6) is 0. The molecule has 0 bridgehead atoms. The topological polar surface area (TPSA) is 0 Å². The third-order valence-electron chi connectivity index (χ3n) is 0.984. The van der Waals surface area contributed by atoms with Crippen molar-refractivity contribution in [3.05, 3.63) is 40.7 Å². The van der Waals surface area contributed by atoms with Crippen molar-refractivity contribution in [2.75, 3.05) is 0 Å². The monoisotopic (exact) mass is 195 g/mol. The minimum atomic E-state index is 0. The maximum absolute atomic E-state index is 5.64. The van der Waals surface area contributed by atoms with Crippen molar-refractivity contribution in [1.29, 1.82) is 0 Å². The summed E-state index contributed by atoms with van der Waals surface area (Å²) < 4.78 is 0. The number of hydrogen-bond acceptors (Lipinski definition) is 0. The standard InChI is InChI=1S/C7H5Cl2.ClH/c1-5-2-3-6(8)7(9)4-5;/h2-4H,1H2;1H. The van der Waals surface area contributed by atoms with Gasteiger partial charge in [0.1, 0.15) is 0 Å². The lowest BCUT2D eigenvalue weighted by molar-refractivity contribution is 1.61. The summed E-state index contributed by atoms with van der Waals surface area (Å²) in [6, 6.07) is 5.27. The van der Waals surface area contributed by atoms with E-state index in [4.69, 9.17) is 23.2 Å². The second-order valence-corrected chi connectivity index (χ2v) is 2.56. The smallest absolute Gasteiger partial charge is 0.0595 e. The van der Waals surface area contributed by atoms with Crippen molar-refractivity contribution in [3.63, 3.8) is 0 Å². The summed E-state index contributed by atoms with van der Waals surface area (Å²) in [4.78, 5) is 0. The molecule has 0 atom stereocenters. The van der Waals surface area contributed by atoms with Gasteiger partial charge < -0.3 is 0 Å². The zero-order valence-electron chi connectivity index (χ0n) is 5.10. The van der Waals surface area contributed by atoms with Crippen molar-refractivity contribution in [1.82, 2.24) is 0 Å². The van der Waals surface area contributed by atoms with Crippen LogP contribution in [0.2, 0.25) is 10.0 Å². The Morgan fingerprint density at radius 1 is 1.10 bits per heavy atom. The molecule has 1 aromatic rings. The zero-order chi connectivity index (χ0) is 6.85. The Kier molecular flexibility index (Phi) is 4.11. The van der Waals surface area contributed by atoms with Gasteiger partial charge in [-0.2, -0.15) is 0 Å². The summed E-state index contributed by atoms with van der Waals surface area (Å²) in [6.45, 7) is 3.68. The zero-order valence-corrected chi connectivity index (χ0v) is 7.43. The molecule has 55 valence electrons. The highest BCUT2D eigenvalue weighted by molar-refractivity contribution is 6.42. The quantitative estimate of drug-likeness (QED) is 0.595. The van der Waals surface area contributed by atoms with Crippen LogP contribution < -0.4 is 0 Å². The maximum atomic E-state index is 5.64. The van der Waals surface area contributed by atoms with Gasteiger partial charge in [-0.05, 0) is 24.6 Å². The van der Waals surface area contributed by atoms with Gasteiger partial charge in [0.05, 0.1) is 10.0 Å².